The molecule has 0 spiro atoms. The highest BCUT2D eigenvalue weighted by molar-refractivity contribution is 7.47. The summed E-state index contributed by atoms with van der Waals surface area (Å²) in [5, 5.41) is 0. The molecule has 0 aliphatic carbocycles. The zero-order valence-electron chi connectivity index (χ0n) is 52.4. The van der Waals surface area contributed by atoms with Crippen LogP contribution in [0.4, 0.5) is 0 Å². The minimum atomic E-state index is -4.41. The molecule has 9 nitrogen and oxygen atoms in total. The maximum absolute atomic E-state index is 12.7. The van der Waals surface area contributed by atoms with Crippen molar-refractivity contribution in [2.75, 3.05) is 26.4 Å². The predicted molar refractivity (Wildman–Crippen MR) is 357 cm³/mol. The molecule has 0 aliphatic heterocycles. The number of ether oxygens (including phenoxy) is 2. The third-order valence-corrected chi connectivity index (χ3v) is 14.1. The monoisotopic (exact) mass is 1170 g/mol. The molecular formula is C73H118NO8P. The second-order valence-electron chi connectivity index (χ2n) is 20.9. The van der Waals surface area contributed by atoms with Gasteiger partial charge in [0.2, 0.25) is 0 Å². The summed E-state index contributed by atoms with van der Waals surface area (Å²) in [5.41, 5.74) is 5.39. The summed E-state index contributed by atoms with van der Waals surface area (Å²) >= 11 is 0. The largest absolute Gasteiger partial charge is 0.472 e. The van der Waals surface area contributed by atoms with Crippen molar-refractivity contribution in [1.29, 1.82) is 0 Å². The van der Waals surface area contributed by atoms with Gasteiger partial charge in [0.1, 0.15) is 6.61 Å². The molecule has 2 atom stereocenters. The standard InChI is InChI=1S/C73H118NO8P/c1-3-5-7-9-11-13-15-17-19-21-23-25-26-27-28-29-30-31-32-33-34-35-36-37-38-39-40-41-42-43-44-46-48-50-52-54-56-58-60-62-64-66-73(76)82-71(70-81-83(77,78)80-68-67-74)69-79-72(75)65-63-61-59-57-55-53-51-49-47-45-24-22-20-18-16-14-12-10-8-6-4-2/h5-8,11-14,17-20,23-25,27-28,30-31,33-34,36-37,45,49,51,55,57,71H,3-4,9-10,15-16,21-22,26,29,32,35,38-44,46-48,50,52-54,56,58-70,74H2,1-2H3,(H,77,78)/b7-5-,8-6-,13-11-,14-12-,19-17-,20-18-,25-23-,28-27-,31-30-,34-33-,37-36-,45-24-,51-49-,57-55-. The average molecular weight is 1170 g/mol. The highest BCUT2D eigenvalue weighted by Gasteiger charge is 2.26. The molecule has 468 valence electrons. The molecule has 0 fully saturated rings. The van der Waals surface area contributed by atoms with E-state index in [0.29, 0.717) is 12.8 Å². The molecule has 0 saturated heterocycles. The van der Waals surface area contributed by atoms with Crippen LogP contribution in [0.2, 0.25) is 0 Å². The molecule has 0 rings (SSSR count). The minimum absolute atomic E-state index is 0.0397. The number of esters is 2. The number of hydrogen-bond donors (Lipinski definition) is 2. The number of phosphoric ester groups is 1. The second-order valence-corrected chi connectivity index (χ2v) is 22.3. The molecule has 0 aromatic heterocycles. The van der Waals surface area contributed by atoms with E-state index in [4.69, 9.17) is 24.3 Å². The third kappa shape index (κ3) is 66.4. The number of hydrogen-bond acceptors (Lipinski definition) is 8. The van der Waals surface area contributed by atoms with Gasteiger partial charge in [0.15, 0.2) is 6.10 Å². The highest BCUT2D eigenvalue weighted by Crippen LogP contribution is 2.43. The lowest BCUT2D eigenvalue weighted by Crippen LogP contribution is -2.29. The molecule has 0 aliphatic rings. The molecule has 3 N–H and O–H groups in total. The van der Waals surface area contributed by atoms with Crippen molar-refractivity contribution in [3.05, 3.63) is 170 Å². The minimum Gasteiger partial charge on any atom is -0.462 e. The Morgan fingerprint density at radius 2 is 0.627 bits per heavy atom. The average Bonchev–Trinajstić information content (AvgIpc) is 3.49. The number of allylic oxidation sites excluding steroid dienone is 28. The van der Waals surface area contributed by atoms with Crippen LogP contribution in [0, 0.1) is 0 Å². The fourth-order valence-electron chi connectivity index (χ4n) is 8.36. The molecule has 0 aromatic carbocycles. The summed E-state index contributed by atoms with van der Waals surface area (Å²) in [7, 11) is -4.41. The zero-order valence-corrected chi connectivity index (χ0v) is 53.3. The van der Waals surface area contributed by atoms with E-state index in [0.717, 1.165) is 122 Å². The smallest absolute Gasteiger partial charge is 0.462 e. The van der Waals surface area contributed by atoms with Crippen LogP contribution in [0.1, 0.15) is 245 Å². The molecular weight excluding hydrogens is 1050 g/mol. The van der Waals surface area contributed by atoms with Crippen LogP contribution in [0.5, 0.6) is 0 Å². The van der Waals surface area contributed by atoms with Crippen LogP contribution >= 0.6 is 7.82 Å². The van der Waals surface area contributed by atoms with Crippen molar-refractivity contribution in [3.8, 4) is 0 Å². The lowest BCUT2D eigenvalue weighted by molar-refractivity contribution is -0.161. The number of nitrogens with two attached hydrogens (primary N) is 1. The van der Waals surface area contributed by atoms with Gasteiger partial charge in [-0.05, 0) is 128 Å². The van der Waals surface area contributed by atoms with Crippen molar-refractivity contribution in [3.63, 3.8) is 0 Å². The summed E-state index contributed by atoms with van der Waals surface area (Å²) in [4.78, 5) is 35.2. The van der Waals surface area contributed by atoms with Gasteiger partial charge in [-0.2, -0.15) is 0 Å². The van der Waals surface area contributed by atoms with Gasteiger partial charge >= 0.3 is 19.8 Å². The van der Waals surface area contributed by atoms with Crippen molar-refractivity contribution >= 4 is 19.8 Å². The summed E-state index contributed by atoms with van der Waals surface area (Å²) in [6, 6.07) is 0. The third-order valence-electron chi connectivity index (χ3n) is 13.1. The number of carbonyl (C=O) groups excluding carboxylic acids is 2. The number of phosphoric acid groups is 1. The van der Waals surface area contributed by atoms with E-state index in [-0.39, 0.29) is 32.6 Å². The Hall–Kier alpha value is -4.63. The van der Waals surface area contributed by atoms with Crippen molar-refractivity contribution < 1.29 is 37.6 Å². The van der Waals surface area contributed by atoms with Gasteiger partial charge in [0.25, 0.3) is 0 Å². The fourth-order valence-corrected chi connectivity index (χ4v) is 9.13. The van der Waals surface area contributed by atoms with Crippen molar-refractivity contribution in [2.24, 2.45) is 5.73 Å². The first-order chi connectivity index (χ1) is 40.8. The van der Waals surface area contributed by atoms with E-state index in [1.807, 2.05) is 0 Å². The Balaban J connectivity index is 3.95. The van der Waals surface area contributed by atoms with E-state index >= 15 is 0 Å². The molecule has 0 heterocycles. The number of rotatable bonds is 59. The fraction of sp³-hybridized carbons (Fsp3) is 0.589. The normalized spacial score (nSPS) is 14.1. The van der Waals surface area contributed by atoms with Gasteiger partial charge in [-0.3, -0.25) is 18.6 Å². The molecule has 10 heteroatoms. The van der Waals surface area contributed by atoms with Gasteiger partial charge in [0, 0.05) is 19.4 Å². The lowest BCUT2D eigenvalue weighted by atomic mass is 10.0. The van der Waals surface area contributed by atoms with E-state index in [9.17, 15) is 19.0 Å². The molecule has 0 aromatic rings. The van der Waals surface area contributed by atoms with Crippen LogP contribution in [0.15, 0.2) is 170 Å². The summed E-state index contributed by atoms with van der Waals surface area (Å²) in [5.74, 6) is -0.886. The highest BCUT2D eigenvalue weighted by atomic mass is 31.2. The van der Waals surface area contributed by atoms with Crippen LogP contribution in [0.25, 0.3) is 0 Å². The first kappa shape index (κ1) is 78.4. The second kappa shape index (κ2) is 66.5. The Morgan fingerprint density at radius 1 is 0.361 bits per heavy atom. The van der Waals surface area contributed by atoms with Crippen LogP contribution in [-0.4, -0.2) is 49.3 Å². The first-order valence-electron chi connectivity index (χ1n) is 32.6. The Bertz CT molecular complexity index is 1960. The SMILES string of the molecule is CC/C=C\C/C=C\C/C=C\C/C=C\C/C=C\C/C=C\C/C=C\C/C=C\CCCCCCCCCCCCCCCCCCC(=O)OC(COC(=O)CCCC/C=C\C/C=C\C/C=C\C/C=C\C/C=C\C/C=C\CC)COP(=O)(O)OCCN. The predicted octanol–water partition coefficient (Wildman–Crippen LogP) is 21.4. The molecule has 0 bridgehead atoms. The van der Waals surface area contributed by atoms with Crippen LogP contribution in [0.3, 0.4) is 0 Å². The number of unbranched alkanes of at least 4 members (excludes halogenated alkanes) is 18. The van der Waals surface area contributed by atoms with Crippen molar-refractivity contribution in [2.45, 2.75) is 251 Å². The Morgan fingerprint density at radius 3 is 0.952 bits per heavy atom. The van der Waals surface area contributed by atoms with Gasteiger partial charge < -0.3 is 20.1 Å². The molecule has 0 radical (unpaired) electrons. The lowest BCUT2D eigenvalue weighted by Gasteiger charge is -2.19. The van der Waals surface area contributed by atoms with Gasteiger partial charge in [0.05, 0.1) is 13.2 Å². The van der Waals surface area contributed by atoms with E-state index in [1.54, 1.807) is 0 Å². The summed E-state index contributed by atoms with van der Waals surface area (Å²) in [6.07, 6.45) is 98.7. The van der Waals surface area contributed by atoms with Gasteiger partial charge in [-0.25, -0.2) is 4.57 Å². The summed E-state index contributed by atoms with van der Waals surface area (Å²) in [6.45, 7) is 3.45. The number of carbonyl (C=O) groups is 2. The van der Waals surface area contributed by atoms with Gasteiger partial charge in [-0.15, -0.1) is 0 Å². The van der Waals surface area contributed by atoms with Crippen LogP contribution in [-0.2, 0) is 32.7 Å². The maximum Gasteiger partial charge on any atom is 0.472 e. The topological polar surface area (TPSA) is 134 Å². The Labute approximate surface area is 508 Å². The van der Waals surface area contributed by atoms with Crippen LogP contribution < -0.4 is 5.73 Å². The zero-order chi connectivity index (χ0) is 60.1. The molecule has 83 heavy (non-hydrogen) atoms. The molecule has 2 unspecified atom stereocenters. The quantitative estimate of drug-likeness (QED) is 0.0264. The van der Waals surface area contributed by atoms with Crippen molar-refractivity contribution in [1.82, 2.24) is 0 Å². The van der Waals surface area contributed by atoms with E-state index < -0.39 is 32.5 Å². The van der Waals surface area contributed by atoms with Gasteiger partial charge in [-0.1, -0.05) is 274 Å². The maximum atomic E-state index is 12.7. The molecule has 0 saturated carbocycles. The Kier molecular flexibility index (Phi) is 62.8. The van der Waals surface area contributed by atoms with E-state index in [2.05, 4.69) is 184 Å². The summed E-state index contributed by atoms with van der Waals surface area (Å²) < 4.78 is 33.0. The van der Waals surface area contributed by atoms with E-state index in [1.165, 1.54) is 83.5 Å². The first-order valence-corrected chi connectivity index (χ1v) is 34.1. The molecule has 0 amide bonds.